The summed E-state index contributed by atoms with van der Waals surface area (Å²) in [7, 11) is 0. The molecule has 0 heterocycles. The molecule has 1 aromatic carbocycles. The van der Waals surface area contributed by atoms with Crippen molar-refractivity contribution < 1.29 is 33.5 Å². The predicted molar refractivity (Wildman–Crippen MR) is 59.6 cm³/mol. The molecule has 15 heavy (non-hydrogen) atoms. The van der Waals surface area contributed by atoms with Gasteiger partial charge in [-0.25, -0.2) is 0 Å². The minimum atomic E-state index is 0.783. The maximum atomic E-state index is 5.40. The van der Waals surface area contributed by atoms with Crippen molar-refractivity contribution in [3.63, 3.8) is 0 Å². The van der Waals surface area contributed by atoms with Crippen molar-refractivity contribution in [3.8, 4) is 0 Å². The molecule has 0 saturated heterocycles. The molecule has 0 aromatic heterocycles. The zero-order chi connectivity index (χ0) is 11.6. The van der Waals surface area contributed by atoms with Gasteiger partial charge in [0.15, 0.2) is 0 Å². The van der Waals surface area contributed by atoms with Crippen molar-refractivity contribution in [2.75, 3.05) is 0 Å². The molecule has 0 N–H and O–H groups in total. The zero-order valence-corrected chi connectivity index (χ0v) is 13.2. The van der Waals surface area contributed by atoms with Crippen molar-refractivity contribution in [2.45, 2.75) is 47.6 Å². The normalized spacial score (nSPS) is 10.7. The molecule has 0 unspecified atom stereocenters. The van der Waals surface area contributed by atoms with Crippen LogP contribution in [-0.4, -0.2) is 0 Å². The van der Waals surface area contributed by atoms with E-state index in [1.54, 1.807) is 0 Å². The van der Waals surface area contributed by atoms with E-state index >= 15 is 0 Å². The molecule has 0 spiro atoms. The van der Waals surface area contributed by atoms with Crippen molar-refractivity contribution in [3.05, 3.63) is 33.4 Å². The van der Waals surface area contributed by atoms with E-state index in [-0.39, 0.29) is 0 Å². The Morgan fingerprint density at radius 2 is 1.27 bits per heavy atom. The summed E-state index contributed by atoms with van der Waals surface area (Å²) >= 11 is 0.875. The van der Waals surface area contributed by atoms with Crippen LogP contribution in [0, 0.1) is 27.7 Å². The predicted octanol–water partition coefficient (Wildman–Crippen LogP) is 3.46. The van der Waals surface area contributed by atoms with E-state index < -0.39 is 0 Å². The Morgan fingerprint density at radius 3 is 1.60 bits per heavy atom. The first-order chi connectivity index (χ1) is 7.04. The van der Waals surface area contributed by atoms with Crippen LogP contribution in [0.2, 0.25) is 0 Å². The molecule has 0 amide bonds. The van der Waals surface area contributed by atoms with Gasteiger partial charge in [0.1, 0.15) is 0 Å². The summed E-state index contributed by atoms with van der Waals surface area (Å²) in [5.41, 5.74) is 8.66. The second kappa shape index (κ2) is 5.56. The second-order valence-corrected chi connectivity index (χ2v) is 4.94. The van der Waals surface area contributed by atoms with Gasteiger partial charge in [0, 0.05) is 0 Å². The monoisotopic (exact) mass is 280 g/mol. The van der Waals surface area contributed by atoms with Gasteiger partial charge >= 0.3 is 115 Å². The summed E-state index contributed by atoms with van der Waals surface area (Å²) in [5.74, 6) is 0. The molecular formula is C13H19OY. The van der Waals surface area contributed by atoms with Gasteiger partial charge in [-0.3, -0.25) is 0 Å². The maximum absolute atomic E-state index is 5.40. The summed E-state index contributed by atoms with van der Waals surface area (Å²) in [5, 5.41) is 0. The average Bonchev–Trinajstić information content (AvgIpc) is 2.23. The second-order valence-electron chi connectivity index (χ2n) is 4.12. The van der Waals surface area contributed by atoms with Crippen LogP contribution in [0.3, 0.4) is 0 Å². The Kier molecular flexibility index (Phi) is 4.95. The van der Waals surface area contributed by atoms with Gasteiger partial charge in [0.05, 0.1) is 0 Å². The first-order valence-electron chi connectivity index (χ1n) is 5.44. The van der Waals surface area contributed by atoms with E-state index in [0.29, 0.717) is 0 Å². The van der Waals surface area contributed by atoms with Crippen molar-refractivity contribution >= 4 is 0 Å². The molecule has 0 atom stereocenters. The Labute approximate surface area is 114 Å². The van der Waals surface area contributed by atoms with Crippen molar-refractivity contribution in [1.82, 2.24) is 0 Å². The zero-order valence-electron chi connectivity index (χ0n) is 10.4. The van der Waals surface area contributed by atoms with E-state index in [1.807, 2.05) is 0 Å². The third-order valence-electron chi connectivity index (χ3n) is 3.52. The van der Waals surface area contributed by atoms with Crippen LogP contribution >= 0.6 is 0 Å². The van der Waals surface area contributed by atoms with Gasteiger partial charge in [-0.05, 0) is 0 Å². The fraction of sp³-hybridized carbons (Fsp3) is 0.538. The number of hydrogen-bond donors (Lipinski definition) is 0. The molecular weight excluding hydrogens is 261 g/mol. The van der Waals surface area contributed by atoms with Crippen LogP contribution in [0.1, 0.15) is 40.3 Å². The molecule has 0 aliphatic rings. The minimum absolute atomic E-state index is 0.783. The van der Waals surface area contributed by atoms with Crippen molar-refractivity contribution in [2.24, 2.45) is 0 Å². The van der Waals surface area contributed by atoms with Gasteiger partial charge in [0.25, 0.3) is 0 Å². The van der Waals surface area contributed by atoms with Gasteiger partial charge < -0.3 is 0 Å². The molecule has 1 nitrogen and oxygen atoms in total. The first kappa shape index (κ1) is 13.3. The van der Waals surface area contributed by atoms with E-state index in [4.69, 9.17) is 2.05 Å². The van der Waals surface area contributed by atoms with Crippen LogP contribution in [0.5, 0.6) is 0 Å². The van der Waals surface area contributed by atoms with E-state index in [9.17, 15) is 0 Å². The number of benzene rings is 1. The van der Waals surface area contributed by atoms with Crippen molar-refractivity contribution in [1.29, 1.82) is 0 Å². The SMILES string of the molecule is CCc1c(C)c(C)c(C[O][Y])c(C)c1C. The molecule has 1 aromatic rings. The molecule has 0 saturated carbocycles. The molecule has 0 fully saturated rings. The van der Waals surface area contributed by atoms with E-state index in [0.717, 1.165) is 44.5 Å². The van der Waals surface area contributed by atoms with Gasteiger partial charge in [-0.1, -0.05) is 0 Å². The molecule has 80 valence electrons. The Balaban J connectivity index is 3.44. The fourth-order valence-corrected chi connectivity index (χ4v) is 2.71. The molecule has 1 rings (SSSR count). The van der Waals surface area contributed by atoms with Gasteiger partial charge in [0.2, 0.25) is 0 Å². The molecule has 0 aliphatic carbocycles. The standard InChI is InChI=1S/C13H19O.Y/c1-6-12-8(2)10(4)13(7-14)11(5)9(12)3;/h6-7H2,1-5H3;/q-1;+1. The third kappa shape index (κ3) is 2.51. The average molecular weight is 280 g/mol. The molecule has 0 bridgehead atoms. The van der Waals surface area contributed by atoms with Crippen LogP contribution in [0.25, 0.3) is 0 Å². The van der Waals surface area contributed by atoms with Crippen LogP contribution < -0.4 is 0 Å². The Morgan fingerprint density at radius 1 is 0.867 bits per heavy atom. The first-order valence-corrected chi connectivity index (χ1v) is 6.60. The Bertz CT molecular complexity index is 340. The van der Waals surface area contributed by atoms with Crippen LogP contribution in [0.15, 0.2) is 0 Å². The molecule has 0 aliphatic heterocycles. The summed E-state index contributed by atoms with van der Waals surface area (Å²) in [4.78, 5) is 0. The number of rotatable bonds is 3. The summed E-state index contributed by atoms with van der Waals surface area (Å²) in [6.45, 7) is 11.9. The summed E-state index contributed by atoms with van der Waals surface area (Å²) < 4.78 is 5.40. The van der Waals surface area contributed by atoms with Gasteiger partial charge in [-0.15, -0.1) is 0 Å². The summed E-state index contributed by atoms with van der Waals surface area (Å²) in [6, 6.07) is 0. The fourth-order valence-electron chi connectivity index (χ4n) is 2.30. The van der Waals surface area contributed by atoms with Crippen LogP contribution in [-0.2, 0) is 46.5 Å². The topological polar surface area (TPSA) is 9.23 Å². The Hall–Kier alpha value is 0.284. The van der Waals surface area contributed by atoms with E-state index in [2.05, 4.69) is 34.6 Å². The quantitative estimate of drug-likeness (QED) is 0.824. The molecule has 0 radical (unpaired) electrons. The third-order valence-corrected chi connectivity index (χ3v) is 3.93. The number of hydrogen-bond acceptors (Lipinski definition) is 1. The van der Waals surface area contributed by atoms with E-state index in [1.165, 1.54) is 33.4 Å². The molecule has 2 heteroatoms. The van der Waals surface area contributed by atoms with Gasteiger partial charge in [-0.2, -0.15) is 0 Å². The summed E-state index contributed by atoms with van der Waals surface area (Å²) in [6.07, 6.45) is 1.13. The van der Waals surface area contributed by atoms with Crippen LogP contribution in [0.4, 0.5) is 0 Å².